The van der Waals surface area contributed by atoms with Gasteiger partial charge < -0.3 is 10.0 Å². The van der Waals surface area contributed by atoms with Gasteiger partial charge in [-0.2, -0.15) is 0 Å². The Kier molecular flexibility index (Phi) is 3.14. The summed E-state index contributed by atoms with van der Waals surface area (Å²) in [5.74, 6) is -0.854. The molecule has 0 spiro atoms. The van der Waals surface area contributed by atoms with E-state index in [0.29, 0.717) is 23.0 Å². The highest BCUT2D eigenvalue weighted by atomic mass is 32.1. The Morgan fingerprint density at radius 3 is 2.88 bits per heavy atom. The molecule has 4 nitrogen and oxygen atoms in total. The van der Waals surface area contributed by atoms with Gasteiger partial charge in [0.05, 0.1) is 5.69 Å². The fraction of sp³-hybridized carbons (Fsp3) is 0.636. The molecule has 0 aliphatic carbocycles. The van der Waals surface area contributed by atoms with Crippen molar-refractivity contribution in [3.05, 3.63) is 10.6 Å². The van der Waals surface area contributed by atoms with Crippen molar-refractivity contribution in [2.75, 3.05) is 11.4 Å². The Morgan fingerprint density at radius 1 is 1.69 bits per heavy atom. The maximum Gasteiger partial charge on any atom is 0.347 e. The van der Waals surface area contributed by atoms with E-state index in [1.165, 1.54) is 24.2 Å². The number of anilines is 1. The molecule has 2 rings (SSSR count). The predicted molar refractivity (Wildman–Crippen MR) is 64.5 cm³/mol. The predicted octanol–water partition coefficient (Wildman–Crippen LogP) is 2.39. The maximum absolute atomic E-state index is 11.0. The lowest BCUT2D eigenvalue weighted by Crippen LogP contribution is -2.25. The van der Waals surface area contributed by atoms with Gasteiger partial charge >= 0.3 is 5.97 Å². The molecule has 16 heavy (non-hydrogen) atoms. The standard InChI is InChI=1S/C11H16N2O2S/c1-3-8-9(10(14)15)16-11(12-8)13-6-4-5-7(13)2/h7H,3-6H2,1-2H3,(H,14,15). The molecular formula is C11H16N2O2S. The lowest BCUT2D eigenvalue weighted by Gasteiger charge is -2.19. The minimum Gasteiger partial charge on any atom is -0.477 e. The smallest absolute Gasteiger partial charge is 0.347 e. The van der Waals surface area contributed by atoms with Crippen LogP contribution in [0.3, 0.4) is 0 Å². The SMILES string of the molecule is CCc1nc(N2CCCC2C)sc1C(=O)O. The number of carboxylic acids is 1. The number of nitrogens with zero attached hydrogens (tertiary/aromatic N) is 2. The third-order valence-electron chi connectivity index (χ3n) is 3.01. The van der Waals surface area contributed by atoms with Crippen LogP contribution in [0.4, 0.5) is 5.13 Å². The lowest BCUT2D eigenvalue weighted by molar-refractivity contribution is 0.0701. The minimum atomic E-state index is -0.854. The summed E-state index contributed by atoms with van der Waals surface area (Å²) >= 11 is 1.31. The first kappa shape index (κ1) is 11.4. The molecule has 0 aromatic carbocycles. The topological polar surface area (TPSA) is 53.4 Å². The third-order valence-corrected chi connectivity index (χ3v) is 4.14. The number of carbonyl (C=O) groups is 1. The van der Waals surface area contributed by atoms with Crippen LogP contribution in [-0.4, -0.2) is 28.6 Å². The number of aromatic nitrogens is 1. The van der Waals surface area contributed by atoms with Gasteiger partial charge in [0.1, 0.15) is 4.88 Å². The van der Waals surface area contributed by atoms with Crippen LogP contribution in [0.2, 0.25) is 0 Å². The van der Waals surface area contributed by atoms with Gasteiger partial charge in [-0.05, 0) is 26.2 Å². The number of thiazole rings is 1. The molecule has 88 valence electrons. The number of aromatic carboxylic acids is 1. The second-order valence-corrected chi connectivity index (χ2v) is 5.09. The molecule has 0 bridgehead atoms. The lowest BCUT2D eigenvalue weighted by atomic mass is 10.2. The molecule has 1 unspecified atom stereocenters. The van der Waals surface area contributed by atoms with Gasteiger partial charge in [-0.25, -0.2) is 9.78 Å². The average Bonchev–Trinajstić information content (AvgIpc) is 2.82. The molecule has 1 saturated heterocycles. The van der Waals surface area contributed by atoms with Crippen molar-refractivity contribution in [2.24, 2.45) is 0 Å². The summed E-state index contributed by atoms with van der Waals surface area (Å²) < 4.78 is 0. The Hall–Kier alpha value is -1.10. The van der Waals surface area contributed by atoms with E-state index in [-0.39, 0.29) is 0 Å². The summed E-state index contributed by atoms with van der Waals surface area (Å²) in [4.78, 5) is 18.1. The molecule has 0 radical (unpaired) electrons. The largest absolute Gasteiger partial charge is 0.477 e. The zero-order valence-electron chi connectivity index (χ0n) is 9.56. The van der Waals surface area contributed by atoms with E-state index in [1.54, 1.807) is 0 Å². The molecule has 0 saturated carbocycles. The zero-order valence-corrected chi connectivity index (χ0v) is 10.4. The molecule has 0 amide bonds. The summed E-state index contributed by atoms with van der Waals surface area (Å²) in [5, 5.41) is 9.95. The van der Waals surface area contributed by atoms with Crippen LogP contribution >= 0.6 is 11.3 Å². The molecule has 1 N–H and O–H groups in total. The van der Waals surface area contributed by atoms with E-state index >= 15 is 0 Å². The molecule has 5 heteroatoms. The van der Waals surface area contributed by atoms with Crippen LogP contribution < -0.4 is 4.90 Å². The van der Waals surface area contributed by atoms with Crippen LogP contribution in [-0.2, 0) is 6.42 Å². The van der Waals surface area contributed by atoms with Crippen molar-refractivity contribution < 1.29 is 9.90 Å². The first-order valence-electron chi connectivity index (χ1n) is 5.63. The molecule has 1 aliphatic heterocycles. The number of hydrogen-bond acceptors (Lipinski definition) is 4. The Balaban J connectivity index is 2.32. The maximum atomic E-state index is 11.0. The third kappa shape index (κ3) is 1.91. The van der Waals surface area contributed by atoms with Crippen molar-refractivity contribution in [2.45, 2.75) is 39.2 Å². The fourth-order valence-electron chi connectivity index (χ4n) is 2.09. The number of hydrogen-bond donors (Lipinski definition) is 1. The summed E-state index contributed by atoms with van der Waals surface area (Å²) in [6.07, 6.45) is 3.02. The molecule has 2 heterocycles. The van der Waals surface area contributed by atoms with Gasteiger partial charge in [0.2, 0.25) is 0 Å². The number of carboxylic acid groups (broad SMARTS) is 1. The van der Waals surface area contributed by atoms with Crippen molar-refractivity contribution >= 4 is 22.4 Å². The molecule has 1 aromatic rings. The van der Waals surface area contributed by atoms with Gasteiger partial charge in [-0.3, -0.25) is 0 Å². The molecular weight excluding hydrogens is 224 g/mol. The van der Waals surface area contributed by atoms with Crippen molar-refractivity contribution in [1.29, 1.82) is 0 Å². The minimum absolute atomic E-state index is 0.400. The molecule has 1 aromatic heterocycles. The summed E-state index contributed by atoms with van der Waals surface area (Å²) in [6, 6.07) is 0.484. The Labute approximate surface area is 98.9 Å². The van der Waals surface area contributed by atoms with Crippen molar-refractivity contribution in [1.82, 2.24) is 4.98 Å². The van der Waals surface area contributed by atoms with Gasteiger partial charge in [-0.15, -0.1) is 0 Å². The summed E-state index contributed by atoms with van der Waals surface area (Å²) in [5.41, 5.74) is 0.714. The van der Waals surface area contributed by atoms with E-state index in [2.05, 4.69) is 16.8 Å². The highest BCUT2D eigenvalue weighted by molar-refractivity contribution is 7.17. The van der Waals surface area contributed by atoms with E-state index < -0.39 is 5.97 Å². The van der Waals surface area contributed by atoms with Crippen LogP contribution in [0.5, 0.6) is 0 Å². The average molecular weight is 240 g/mol. The first-order chi connectivity index (χ1) is 7.63. The van der Waals surface area contributed by atoms with Gasteiger partial charge in [0.15, 0.2) is 5.13 Å². The first-order valence-corrected chi connectivity index (χ1v) is 6.44. The monoisotopic (exact) mass is 240 g/mol. The van der Waals surface area contributed by atoms with Crippen molar-refractivity contribution in [3.8, 4) is 0 Å². The fourth-order valence-corrected chi connectivity index (χ4v) is 3.21. The van der Waals surface area contributed by atoms with E-state index in [9.17, 15) is 4.79 Å². The van der Waals surface area contributed by atoms with Crippen LogP contribution in [0.15, 0.2) is 0 Å². The molecule has 1 atom stereocenters. The summed E-state index contributed by atoms with van der Waals surface area (Å²) in [7, 11) is 0. The highest BCUT2D eigenvalue weighted by Crippen LogP contribution is 2.31. The van der Waals surface area contributed by atoms with Gasteiger partial charge in [-0.1, -0.05) is 18.3 Å². The van der Waals surface area contributed by atoms with E-state index in [4.69, 9.17) is 5.11 Å². The number of rotatable bonds is 3. The van der Waals surface area contributed by atoms with Crippen LogP contribution in [0.25, 0.3) is 0 Å². The van der Waals surface area contributed by atoms with E-state index in [0.717, 1.165) is 11.7 Å². The summed E-state index contributed by atoms with van der Waals surface area (Å²) in [6.45, 7) is 5.11. The molecule has 1 fully saturated rings. The van der Waals surface area contributed by atoms with Crippen LogP contribution in [0, 0.1) is 0 Å². The van der Waals surface area contributed by atoms with E-state index in [1.807, 2.05) is 6.92 Å². The Morgan fingerprint density at radius 2 is 2.44 bits per heavy atom. The Bertz CT molecular complexity index is 403. The molecule has 1 aliphatic rings. The zero-order chi connectivity index (χ0) is 11.7. The van der Waals surface area contributed by atoms with Crippen molar-refractivity contribution in [3.63, 3.8) is 0 Å². The second-order valence-electron chi connectivity index (χ2n) is 4.12. The number of aryl methyl sites for hydroxylation is 1. The quantitative estimate of drug-likeness (QED) is 0.881. The van der Waals surface area contributed by atoms with Gasteiger partial charge in [0, 0.05) is 12.6 Å². The normalized spacial score (nSPS) is 20.4. The van der Waals surface area contributed by atoms with Gasteiger partial charge in [0.25, 0.3) is 0 Å². The second kappa shape index (κ2) is 4.41. The van der Waals surface area contributed by atoms with Crippen LogP contribution in [0.1, 0.15) is 42.1 Å². The highest BCUT2D eigenvalue weighted by Gasteiger charge is 2.25.